The molecule has 1 amide bonds. The first kappa shape index (κ1) is 15.5. The maximum atomic E-state index is 12.1. The largest absolute Gasteiger partial charge is 0.481 e. The summed E-state index contributed by atoms with van der Waals surface area (Å²) in [6, 6.07) is 7.27. The predicted molar refractivity (Wildman–Crippen MR) is 77.6 cm³/mol. The van der Waals surface area contributed by atoms with Gasteiger partial charge < -0.3 is 14.7 Å². The monoisotopic (exact) mass is 291 g/mol. The fourth-order valence-corrected chi connectivity index (χ4v) is 2.91. The lowest BCUT2D eigenvalue weighted by molar-refractivity contribution is -0.142. The van der Waals surface area contributed by atoms with Gasteiger partial charge in [0, 0.05) is 20.1 Å². The van der Waals surface area contributed by atoms with Gasteiger partial charge in [-0.05, 0) is 17.5 Å². The third kappa shape index (κ3) is 3.24. The lowest BCUT2D eigenvalue weighted by Crippen LogP contribution is -2.31. The van der Waals surface area contributed by atoms with E-state index in [1.54, 1.807) is 12.0 Å². The molecule has 0 saturated carbocycles. The highest BCUT2D eigenvalue weighted by Gasteiger charge is 2.44. The topological polar surface area (TPSA) is 66.8 Å². The number of carbonyl (C=O) groups excluding carboxylic acids is 1. The van der Waals surface area contributed by atoms with Crippen LogP contribution in [0.2, 0.25) is 0 Å². The molecule has 21 heavy (non-hydrogen) atoms. The van der Waals surface area contributed by atoms with E-state index in [1.165, 1.54) is 0 Å². The van der Waals surface area contributed by atoms with Crippen molar-refractivity contribution in [3.8, 4) is 0 Å². The van der Waals surface area contributed by atoms with Crippen LogP contribution in [0.4, 0.5) is 0 Å². The summed E-state index contributed by atoms with van der Waals surface area (Å²) >= 11 is 0. The van der Waals surface area contributed by atoms with Crippen LogP contribution in [0.3, 0.4) is 0 Å². The molecule has 0 bridgehead atoms. The van der Waals surface area contributed by atoms with Crippen molar-refractivity contribution in [1.82, 2.24) is 4.90 Å². The Morgan fingerprint density at radius 2 is 2.05 bits per heavy atom. The van der Waals surface area contributed by atoms with E-state index in [1.807, 2.05) is 31.2 Å². The molecule has 1 aromatic carbocycles. The van der Waals surface area contributed by atoms with Crippen LogP contribution in [0.25, 0.3) is 0 Å². The van der Waals surface area contributed by atoms with E-state index >= 15 is 0 Å². The number of ether oxygens (including phenoxy) is 1. The summed E-state index contributed by atoms with van der Waals surface area (Å²) in [5.74, 6) is -1.65. The van der Waals surface area contributed by atoms with Gasteiger partial charge in [0.2, 0.25) is 5.91 Å². The Morgan fingerprint density at radius 1 is 1.38 bits per heavy atom. The lowest BCUT2D eigenvalue weighted by Gasteiger charge is -2.27. The van der Waals surface area contributed by atoms with E-state index in [4.69, 9.17) is 4.74 Å². The van der Waals surface area contributed by atoms with Crippen molar-refractivity contribution in [3.63, 3.8) is 0 Å². The normalized spacial score (nSPS) is 21.8. The Labute approximate surface area is 124 Å². The number of benzene rings is 1. The van der Waals surface area contributed by atoms with E-state index in [2.05, 4.69) is 0 Å². The molecule has 0 radical (unpaired) electrons. The number of amides is 1. The van der Waals surface area contributed by atoms with Gasteiger partial charge in [-0.3, -0.25) is 9.59 Å². The Balaban J connectivity index is 2.30. The Kier molecular flexibility index (Phi) is 4.96. The van der Waals surface area contributed by atoms with E-state index in [9.17, 15) is 14.7 Å². The van der Waals surface area contributed by atoms with Gasteiger partial charge in [-0.1, -0.05) is 31.2 Å². The Bertz CT molecular complexity index is 512. The number of hydrogen-bond acceptors (Lipinski definition) is 3. The molecular weight excluding hydrogens is 270 g/mol. The maximum Gasteiger partial charge on any atom is 0.309 e. The lowest BCUT2D eigenvalue weighted by atomic mass is 9.93. The minimum Gasteiger partial charge on any atom is -0.481 e. The second kappa shape index (κ2) is 6.72. The molecule has 2 atom stereocenters. The van der Waals surface area contributed by atoms with Crippen LogP contribution < -0.4 is 0 Å². The molecule has 1 fully saturated rings. The maximum absolute atomic E-state index is 12.1. The zero-order valence-corrected chi connectivity index (χ0v) is 12.4. The van der Waals surface area contributed by atoms with Gasteiger partial charge in [0.25, 0.3) is 0 Å². The van der Waals surface area contributed by atoms with Crippen molar-refractivity contribution in [1.29, 1.82) is 0 Å². The molecule has 0 spiro atoms. The predicted octanol–water partition coefficient (Wildman–Crippen LogP) is 2.22. The third-order valence-corrected chi connectivity index (χ3v) is 3.85. The van der Waals surface area contributed by atoms with Gasteiger partial charge in [-0.15, -0.1) is 0 Å². The van der Waals surface area contributed by atoms with Gasteiger partial charge >= 0.3 is 5.97 Å². The van der Waals surface area contributed by atoms with Crippen molar-refractivity contribution >= 4 is 11.9 Å². The second-order valence-electron chi connectivity index (χ2n) is 5.36. The fraction of sp³-hybridized carbons (Fsp3) is 0.500. The van der Waals surface area contributed by atoms with Crippen LogP contribution in [-0.2, 0) is 20.9 Å². The molecular formula is C16H21NO4. The Morgan fingerprint density at radius 3 is 2.57 bits per heavy atom. The van der Waals surface area contributed by atoms with Gasteiger partial charge in [-0.25, -0.2) is 0 Å². The highest BCUT2D eigenvalue weighted by Crippen LogP contribution is 2.38. The molecule has 1 aliphatic rings. The number of carboxylic acids is 1. The zero-order valence-electron chi connectivity index (χ0n) is 12.4. The number of carbonyl (C=O) groups is 2. The standard InChI is InChI=1S/C16H21NO4/c1-3-8-17-14(18)9-13(16(19)20)15(17)12-6-4-11(5-7-12)10-21-2/h4-7,13,15H,3,8-10H2,1-2H3,(H,19,20). The molecule has 2 unspecified atom stereocenters. The summed E-state index contributed by atoms with van der Waals surface area (Å²) < 4.78 is 5.07. The number of methoxy groups -OCH3 is 1. The molecule has 1 saturated heterocycles. The van der Waals surface area contributed by atoms with E-state index in [0.29, 0.717) is 13.2 Å². The molecule has 1 N–H and O–H groups in total. The summed E-state index contributed by atoms with van der Waals surface area (Å²) in [6.45, 7) is 3.10. The summed E-state index contributed by atoms with van der Waals surface area (Å²) in [4.78, 5) is 25.2. The zero-order chi connectivity index (χ0) is 15.4. The number of rotatable bonds is 6. The number of aliphatic carboxylic acids is 1. The first-order chi connectivity index (χ1) is 10.1. The van der Waals surface area contributed by atoms with E-state index < -0.39 is 11.9 Å². The van der Waals surface area contributed by atoms with Crippen molar-refractivity contribution in [2.24, 2.45) is 5.92 Å². The van der Waals surface area contributed by atoms with Crippen LogP contribution in [0.1, 0.15) is 36.9 Å². The van der Waals surface area contributed by atoms with Gasteiger partial charge in [0.05, 0.1) is 18.6 Å². The highest BCUT2D eigenvalue weighted by molar-refractivity contribution is 5.87. The summed E-state index contributed by atoms with van der Waals surface area (Å²) in [6.07, 6.45) is 0.899. The summed E-state index contributed by atoms with van der Waals surface area (Å²) in [5, 5.41) is 9.39. The third-order valence-electron chi connectivity index (χ3n) is 3.85. The van der Waals surface area contributed by atoms with Crippen molar-refractivity contribution in [2.45, 2.75) is 32.4 Å². The molecule has 5 nitrogen and oxygen atoms in total. The summed E-state index contributed by atoms with van der Waals surface area (Å²) in [7, 11) is 1.63. The minimum atomic E-state index is -0.909. The molecule has 114 valence electrons. The Hall–Kier alpha value is -1.88. The molecule has 2 rings (SSSR count). The second-order valence-corrected chi connectivity index (χ2v) is 5.36. The number of carboxylic acid groups (broad SMARTS) is 1. The van der Waals surface area contributed by atoms with Crippen LogP contribution in [0.5, 0.6) is 0 Å². The SMILES string of the molecule is CCCN1C(=O)CC(C(=O)O)C1c1ccc(COC)cc1. The van der Waals surface area contributed by atoms with Crippen LogP contribution in [-0.4, -0.2) is 35.5 Å². The molecule has 1 aliphatic heterocycles. The average Bonchev–Trinajstić information content (AvgIpc) is 2.78. The van der Waals surface area contributed by atoms with Gasteiger partial charge in [0.15, 0.2) is 0 Å². The average molecular weight is 291 g/mol. The van der Waals surface area contributed by atoms with Crippen LogP contribution in [0.15, 0.2) is 24.3 Å². The quantitative estimate of drug-likeness (QED) is 0.872. The first-order valence-corrected chi connectivity index (χ1v) is 7.18. The van der Waals surface area contributed by atoms with E-state index in [0.717, 1.165) is 17.5 Å². The first-order valence-electron chi connectivity index (χ1n) is 7.18. The molecule has 5 heteroatoms. The molecule has 1 heterocycles. The number of nitrogens with zero attached hydrogens (tertiary/aromatic N) is 1. The number of hydrogen-bond donors (Lipinski definition) is 1. The van der Waals surface area contributed by atoms with Gasteiger partial charge in [0.1, 0.15) is 0 Å². The van der Waals surface area contributed by atoms with Gasteiger partial charge in [-0.2, -0.15) is 0 Å². The minimum absolute atomic E-state index is 0.0739. The van der Waals surface area contributed by atoms with Crippen molar-refractivity contribution in [3.05, 3.63) is 35.4 Å². The summed E-state index contributed by atoms with van der Waals surface area (Å²) in [5.41, 5.74) is 1.90. The van der Waals surface area contributed by atoms with Crippen molar-refractivity contribution in [2.75, 3.05) is 13.7 Å². The molecule has 0 aliphatic carbocycles. The molecule has 1 aromatic rings. The van der Waals surface area contributed by atoms with Crippen molar-refractivity contribution < 1.29 is 19.4 Å². The molecule has 0 aromatic heterocycles. The fourth-order valence-electron chi connectivity index (χ4n) is 2.91. The van der Waals surface area contributed by atoms with Crippen LogP contribution in [0, 0.1) is 5.92 Å². The van der Waals surface area contributed by atoms with E-state index in [-0.39, 0.29) is 18.4 Å². The van der Waals surface area contributed by atoms with Crippen LogP contribution >= 0.6 is 0 Å². The number of likely N-dealkylation sites (tertiary alicyclic amines) is 1. The smallest absolute Gasteiger partial charge is 0.309 e. The highest BCUT2D eigenvalue weighted by atomic mass is 16.5.